The standard InChI is InChI=1S/C14H18BrClF2N2O/c1-8(5-10-3-2-4-19-10)20-12-7-9(16)6-11(15)13(12)21-14(17)18/h6-8,10,14,19-20H,2-5H2,1H3. The third-order valence-corrected chi connectivity index (χ3v) is 4.22. The highest BCUT2D eigenvalue weighted by Crippen LogP contribution is 2.38. The van der Waals surface area contributed by atoms with Crippen molar-refractivity contribution in [3.05, 3.63) is 21.6 Å². The Kier molecular flexibility index (Phi) is 6.08. The van der Waals surface area contributed by atoms with Gasteiger partial charge in [-0.05, 0) is 60.8 Å². The topological polar surface area (TPSA) is 33.3 Å². The van der Waals surface area contributed by atoms with Crippen LogP contribution in [-0.2, 0) is 0 Å². The second-order valence-electron chi connectivity index (χ2n) is 5.22. The van der Waals surface area contributed by atoms with Crippen LogP contribution in [-0.4, -0.2) is 25.2 Å². The zero-order chi connectivity index (χ0) is 15.4. The first-order valence-corrected chi connectivity index (χ1v) is 8.06. The fraction of sp³-hybridized carbons (Fsp3) is 0.571. The molecule has 0 radical (unpaired) electrons. The minimum absolute atomic E-state index is 0.0839. The first kappa shape index (κ1) is 16.8. The molecule has 2 rings (SSSR count). The summed E-state index contributed by atoms with van der Waals surface area (Å²) in [5.74, 6) is 0.0839. The van der Waals surface area contributed by atoms with Gasteiger partial charge in [0.1, 0.15) is 0 Å². The van der Waals surface area contributed by atoms with Crippen molar-refractivity contribution >= 4 is 33.2 Å². The van der Waals surface area contributed by atoms with Gasteiger partial charge < -0.3 is 15.4 Å². The first-order valence-electron chi connectivity index (χ1n) is 6.89. The molecule has 1 heterocycles. The van der Waals surface area contributed by atoms with Crippen LogP contribution < -0.4 is 15.4 Å². The van der Waals surface area contributed by atoms with Crippen LogP contribution in [0.15, 0.2) is 16.6 Å². The summed E-state index contributed by atoms with van der Waals surface area (Å²) in [6, 6.07) is 3.72. The molecule has 0 aromatic heterocycles. The molecule has 118 valence electrons. The molecular formula is C14H18BrClF2N2O. The lowest BCUT2D eigenvalue weighted by atomic mass is 10.1. The minimum Gasteiger partial charge on any atom is -0.431 e. The first-order chi connectivity index (χ1) is 9.95. The van der Waals surface area contributed by atoms with Crippen LogP contribution in [0.1, 0.15) is 26.2 Å². The Balaban J connectivity index is 2.09. The van der Waals surface area contributed by atoms with Crippen LogP contribution in [0.3, 0.4) is 0 Å². The maximum absolute atomic E-state index is 12.5. The number of anilines is 1. The van der Waals surface area contributed by atoms with E-state index in [-0.39, 0.29) is 11.8 Å². The zero-order valence-corrected chi connectivity index (χ0v) is 14.0. The van der Waals surface area contributed by atoms with E-state index in [1.807, 2.05) is 6.92 Å². The Bertz CT molecular complexity index is 484. The van der Waals surface area contributed by atoms with Gasteiger partial charge in [0.15, 0.2) is 5.75 Å². The molecule has 0 saturated carbocycles. The zero-order valence-electron chi connectivity index (χ0n) is 11.6. The van der Waals surface area contributed by atoms with Crippen LogP contribution in [0, 0.1) is 0 Å². The molecule has 1 aromatic carbocycles. The van der Waals surface area contributed by atoms with E-state index in [0.717, 1.165) is 19.4 Å². The summed E-state index contributed by atoms with van der Waals surface area (Å²) in [6.45, 7) is 0.177. The summed E-state index contributed by atoms with van der Waals surface area (Å²) in [6.07, 6.45) is 3.24. The van der Waals surface area contributed by atoms with Gasteiger partial charge in [0.05, 0.1) is 10.2 Å². The SMILES string of the molecule is CC(CC1CCCN1)Nc1cc(Cl)cc(Br)c1OC(F)F. The van der Waals surface area contributed by atoms with Crippen LogP contribution in [0.5, 0.6) is 5.75 Å². The Morgan fingerprint density at radius 3 is 2.90 bits per heavy atom. The molecule has 1 aliphatic rings. The van der Waals surface area contributed by atoms with Gasteiger partial charge in [0, 0.05) is 17.1 Å². The van der Waals surface area contributed by atoms with E-state index in [4.69, 9.17) is 11.6 Å². The molecule has 0 aliphatic carbocycles. The number of alkyl halides is 2. The summed E-state index contributed by atoms with van der Waals surface area (Å²) in [7, 11) is 0. The van der Waals surface area contributed by atoms with E-state index >= 15 is 0 Å². The number of benzene rings is 1. The summed E-state index contributed by atoms with van der Waals surface area (Å²) in [4.78, 5) is 0. The predicted molar refractivity (Wildman–Crippen MR) is 84.5 cm³/mol. The monoisotopic (exact) mass is 382 g/mol. The summed E-state index contributed by atoms with van der Waals surface area (Å²) < 4.78 is 30.1. The molecule has 1 aromatic rings. The van der Waals surface area contributed by atoms with Gasteiger partial charge >= 0.3 is 6.61 Å². The van der Waals surface area contributed by atoms with Crippen LogP contribution in [0.4, 0.5) is 14.5 Å². The van der Waals surface area contributed by atoms with E-state index in [1.165, 1.54) is 12.5 Å². The quantitative estimate of drug-likeness (QED) is 0.750. The average molecular weight is 384 g/mol. The molecule has 1 aliphatic heterocycles. The number of hydrogen-bond donors (Lipinski definition) is 2. The molecule has 1 fully saturated rings. The predicted octanol–water partition coefficient (Wildman–Crippen LogP) is 4.65. The molecule has 2 unspecified atom stereocenters. The Morgan fingerprint density at radius 1 is 1.52 bits per heavy atom. The largest absolute Gasteiger partial charge is 0.431 e. The van der Waals surface area contributed by atoms with E-state index in [9.17, 15) is 8.78 Å². The average Bonchev–Trinajstić information content (AvgIpc) is 2.85. The number of nitrogens with one attached hydrogen (secondary N) is 2. The maximum atomic E-state index is 12.5. The van der Waals surface area contributed by atoms with Crippen molar-refractivity contribution in [1.82, 2.24) is 5.32 Å². The molecule has 0 spiro atoms. The lowest BCUT2D eigenvalue weighted by molar-refractivity contribution is -0.0498. The van der Waals surface area contributed by atoms with Gasteiger partial charge in [0.2, 0.25) is 0 Å². The summed E-state index contributed by atoms with van der Waals surface area (Å²) in [5.41, 5.74) is 0.472. The van der Waals surface area contributed by atoms with Gasteiger partial charge in [-0.1, -0.05) is 11.6 Å². The van der Waals surface area contributed by atoms with E-state index in [1.54, 1.807) is 6.07 Å². The highest BCUT2D eigenvalue weighted by molar-refractivity contribution is 9.10. The van der Waals surface area contributed by atoms with Crippen molar-refractivity contribution in [2.45, 2.75) is 44.9 Å². The highest BCUT2D eigenvalue weighted by atomic mass is 79.9. The molecule has 7 heteroatoms. The minimum atomic E-state index is -2.88. The third kappa shape index (κ3) is 4.97. The van der Waals surface area contributed by atoms with Crippen molar-refractivity contribution < 1.29 is 13.5 Å². The molecular weight excluding hydrogens is 366 g/mol. The van der Waals surface area contributed by atoms with Crippen LogP contribution in [0.25, 0.3) is 0 Å². The molecule has 1 saturated heterocycles. The highest BCUT2D eigenvalue weighted by Gasteiger charge is 2.20. The van der Waals surface area contributed by atoms with Crippen molar-refractivity contribution in [2.75, 3.05) is 11.9 Å². The van der Waals surface area contributed by atoms with Crippen molar-refractivity contribution in [2.24, 2.45) is 0 Å². The molecule has 0 bridgehead atoms. The lowest BCUT2D eigenvalue weighted by Crippen LogP contribution is -2.29. The van der Waals surface area contributed by atoms with Gasteiger partial charge in [0.25, 0.3) is 0 Å². The molecule has 2 N–H and O–H groups in total. The van der Waals surface area contributed by atoms with E-state index < -0.39 is 6.61 Å². The Labute approximate surface area is 136 Å². The van der Waals surface area contributed by atoms with E-state index in [0.29, 0.717) is 21.2 Å². The Morgan fingerprint density at radius 2 is 2.29 bits per heavy atom. The molecule has 0 amide bonds. The normalized spacial score (nSPS) is 19.8. The van der Waals surface area contributed by atoms with Crippen LogP contribution >= 0.6 is 27.5 Å². The lowest BCUT2D eigenvalue weighted by Gasteiger charge is -2.22. The molecule has 21 heavy (non-hydrogen) atoms. The fourth-order valence-corrected chi connectivity index (χ4v) is 3.49. The van der Waals surface area contributed by atoms with Crippen molar-refractivity contribution in [1.29, 1.82) is 0 Å². The van der Waals surface area contributed by atoms with Gasteiger partial charge in [-0.15, -0.1) is 0 Å². The third-order valence-electron chi connectivity index (χ3n) is 3.42. The molecule has 3 nitrogen and oxygen atoms in total. The number of rotatable bonds is 6. The van der Waals surface area contributed by atoms with Gasteiger partial charge in [-0.3, -0.25) is 0 Å². The summed E-state index contributed by atoms with van der Waals surface area (Å²) >= 11 is 9.20. The van der Waals surface area contributed by atoms with E-state index in [2.05, 4.69) is 31.3 Å². The summed E-state index contributed by atoms with van der Waals surface area (Å²) in [5, 5.41) is 7.08. The maximum Gasteiger partial charge on any atom is 0.387 e. The van der Waals surface area contributed by atoms with Crippen LogP contribution in [0.2, 0.25) is 5.02 Å². The van der Waals surface area contributed by atoms with Crippen molar-refractivity contribution in [3.63, 3.8) is 0 Å². The smallest absolute Gasteiger partial charge is 0.387 e. The number of hydrogen-bond acceptors (Lipinski definition) is 3. The van der Waals surface area contributed by atoms with Crippen molar-refractivity contribution in [3.8, 4) is 5.75 Å². The number of halogens is 4. The fourth-order valence-electron chi connectivity index (χ4n) is 2.59. The molecule has 2 atom stereocenters. The second-order valence-corrected chi connectivity index (χ2v) is 6.51. The second kappa shape index (κ2) is 7.61. The van der Waals surface area contributed by atoms with Gasteiger partial charge in [-0.25, -0.2) is 0 Å². The van der Waals surface area contributed by atoms with Gasteiger partial charge in [-0.2, -0.15) is 8.78 Å². The Hall–Kier alpha value is -0.590. The number of ether oxygens (including phenoxy) is 1.